The molecule has 82 valence electrons. The highest BCUT2D eigenvalue weighted by atomic mass is 16.5. The molecule has 0 radical (unpaired) electrons. The van der Waals surface area contributed by atoms with Crippen molar-refractivity contribution in [2.45, 2.75) is 31.6 Å². The Balaban J connectivity index is 2.53. The first kappa shape index (κ1) is 10.5. The molecule has 2 rings (SSSR count). The average molecular weight is 205 g/mol. The maximum Gasteiger partial charge on any atom is 0.122 e. The Morgan fingerprint density at radius 2 is 2.27 bits per heavy atom. The largest absolute Gasteiger partial charge is 0.496 e. The number of ether oxygens (including phenoxy) is 1. The van der Waals surface area contributed by atoms with Crippen LogP contribution in [0.3, 0.4) is 0 Å². The van der Waals surface area contributed by atoms with Crippen LogP contribution >= 0.6 is 0 Å². The average Bonchev–Trinajstić information content (AvgIpc) is 2.29. The topological polar surface area (TPSA) is 35.2 Å². The molecule has 0 aromatic heterocycles. The van der Waals surface area contributed by atoms with Crippen LogP contribution in [0.5, 0.6) is 5.75 Å². The smallest absolute Gasteiger partial charge is 0.122 e. The third-order valence-electron chi connectivity index (χ3n) is 3.61. The van der Waals surface area contributed by atoms with Gasteiger partial charge in [-0.05, 0) is 36.5 Å². The van der Waals surface area contributed by atoms with Gasteiger partial charge in [-0.1, -0.05) is 19.1 Å². The molecular weight excluding hydrogens is 186 g/mol. The molecule has 1 atom stereocenters. The molecule has 0 aliphatic heterocycles. The summed E-state index contributed by atoms with van der Waals surface area (Å²) in [6.07, 6.45) is 3.51. The lowest BCUT2D eigenvalue weighted by Crippen LogP contribution is -2.35. The summed E-state index contributed by atoms with van der Waals surface area (Å²) in [6.45, 7) is 2.97. The number of fused-ring (bicyclic) bond motifs is 1. The van der Waals surface area contributed by atoms with E-state index in [1.165, 1.54) is 24.0 Å². The fourth-order valence-corrected chi connectivity index (χ4v) is 2.58. The molecule has 2 nitrogen and oxygen atoms in total. The molecule has 0 amide bonds. The predicted molar refractivity (Wildman–Crippen MR) is 62.3 cm³/mol. The van der Waals surface area contributed by atoms with Gasteiger partial charge in [0.05, 0.1) is 7.11 Å². The Morgan fingerprint density at radius 1 is 1.47 bits per heavy atom. The quantitative estimate of drug-likeness (QED) is 0.803. The van der Waals surface area contributed by atoms with E-state index in [2.05, 4.69) is 19.1 Å². The van der Waals surface area contributed by atoms with Gasteiger partial charge in [-0.2, -0.15) is 0 Å². The van der Waals surface area contributed by atoms with Gasteiger partial charge in [0.25, 0.3) is 0 Å². The minimum absolute atomic E-state index is 0.141. The van der Waals surface area contributed by atoms with Gasteiger partial charge in [-0.3, -0.25) is 0 Å². The van der Waals surface area contributed by atoms with Gasteiger partial charge in [0.2, 0.25) is 0 Å². The number of hydrogen-bond acceptors (Lipinski definition) is 2. The van der Waals surface area contributed by atoms with Gasteiger partial charge in [0.15, 0.2) is 0 Å². The lowest BCUT2D eigenvalue weighted by molar-refractivity contribution is 0.375. The first-order valence-corrected chi connectivity index (χ1v) is 5.58. The van der Waals surface area contributed by atoms with E-state index in [9.17, 15) is 0 Å². The van der Waals surface area contributed by atoms with Crippen LogP contribution in [0.1, 0.15) is 30.9 Å². The maximum absolute atomic E-state index is 5.90. The molecule has 0 fully saturated rings. The Kier molecular flexibility index (Phi) is 2.70. The zero-order valence-corrected chi connectivity index (χ0v) is 9.55. The summed E-state index contributed by atoms with van der Waals surface area (Å²) in [5, 5.41) is 0. The number of hydrogen-bond donors (Lipinski definition) is 1. The van der Waals surface area contributed by atoms with E-state index in [-0.39, 0.29) is 5.41 Å². The van der Waals surface area contributed by atoms with E-state index in [0.717, 1.165) is 12.2 Å². The molecule has 0 saturated heterocycles. The molecule has 1 aliphatic carbocycles. The monoisotopic (exact) mass is 205 g/mol. The highest BCUT2D eigenvalue weighted by Gasteiger charge is 2.31. The Hall–Kier alpha value is -1.02. The van der Waals surface area contributed by atoms with E-state index in [4.69, 9.17) is 10.5 Å². The van der Waals surface area contributed by atoms with E-state index in [1.807, 2.05) is 6.07 Å². The van der Waals surface area contributed by atoms with Gasteiger partial charge >= 0.3 is 0 Å². The van der Waals surface area contributed by atoms with Crippen LogP contribution in [0.4, 0.5) is 0 Å². The normalized spacial score (nSPS) is 24.7. The fourth-order valence-electron chi connectivity index (χ4n) is 2.58. The van der Waals surface area contributed by atoms with E-state index in [1.54, 1.807) is 7.11 Å². The van der Waals surface area contributed by atoms with E-state index >= 15 is 0 Å². The SMILES string of the molecule is COc1cccc2c1CCCC2(C)CN. The van der Waals surface area contributed by atoms with Crippen molar-refractivity contribution in [2.75, 3.05) is 13.7 Å². The van der Waals surface area contributed by atoms with Crippen molar-refractivity contribution in [3.63, 3.8) is 0 Å². The standard InChI is InChI=1S/C13H19NO/c1-13(9-14)8-4-5-10-11(13)6-3-7-12(10)15-2/h3,6-7H,4-5,8-9,14H2,1-2H3. The second-order valence-corrected chi connectivity index (χ2v) is 4.60. The second-order valence-electron chi connectivity index (χ2n) is 4.60. The summed E-state index contributed by atoms with van der Waals surface area (Å²) < 4.78 is 5.41. The van der Waals surface area contributed by atoms with E-state index < -0.39 is 0 Å². The van der Waals surface area contributed by atoms with Crippen LogP contribution in [0, 0.1) is 0 Å². The third-order valence-corrected chi connectivity index (χ3v) is 3.61. The molecule has 0 bridgehead atoms. The Bertz CT molecular complexity index is 362. The van der Waals surface area contributed by atoms with Crippen molar-refractivity contribution < 1.29 is 4.74 Å². The highest BCUT2D eigenvalue weighted by molar-refractivity contribution is 5.45. The van der Waals surface area contributed by atoms with Crippen LogP contribution in [0.2, 0.25) is 0 Å². The summed E-state index contributed by atoms with van der Waals surface area (Å²) in [5.74, 6) is 1.02. The molecule has 2 heteroatoms. The number of benzene rings is 1. The lowest BCUT2D eigenvalue weighted by Gasteiger charge is -2.35. The molecule has 0 saturated carbocycles. The number of nitrogens with two attached hydrogens (primary N) is 1. The molecular formula is C13H19NO. The summed E-state index contributed by atoms with van der Waals surface area (Å²) in [7, 11) is 1.74. The molecule has 15 heavy (non-hydrogen) atoms. The minimum atomic E-state index is 0.141. The fraction of sp³-hybridized carbons (Fsp3) is 0.538. The zero-order chi connectivity index (χ0) is 10.9. The molecule has 2 N–H and O–H groups in total. The molecule has 1 unspecified atom stereocenters. The van der Waals surface area contributed by atoms with E-state index in [0.29, 0.717) is 6.54 Å². The Morgan fingerprint density at radius 3 is 2.93 bits per heavy atom. The summed E-state index contributed by atoms with van der Waals surface area (Å²) in [6, 6.07) is 6.31. The van der Waals surface area contributed by atoms with Crippen molar-refractivity contribution >= 4 is 0 Å². The molecule has 1 aromatic carbocycles. The Labute approximate surface area is 91.4 Å². The van der Waals surface area contributed by atoms with Crippen molar-refractivity contribution in [1.29, 1.82) is 0 Å². The summed E-state index contributed by atoms with van der Waals surface area (Å²) >= 11 is 0. The zero-order valence-electron chi connectivity index (χ0n) is 9.55. The van der Waals surface area contributed by atoms with Gasteiger partial charge in [0.1, 0.15) is 5.75 Å². The molecule has 0 spiro atoms. The van der Waals surface area contributed by atoms with Crippen molar-refractivity contribution in [3.8, 4) is 5.75 Å². The third kappa shape index (κ3) is 1.63. The van der Waals surface area contributed by atoms with Gasteiger partial charge in [-0.25, -0.2) is 0 Å². The number of methoxy groups -OCH3 is 1. The van der Waals surface area contributed by atoms with Crippen molar-refractivity contribution in [2.24, 2.45) is 5.73 Å². The summed E-state index contributed by atoms with van der Waals surface area (Å²) in [4.78, 5) is 0. The molecule has 1 aromatic rings. The second kappa shape index (κ2) is 3.86. The van der Waals surface area contributed by atoms with Gasteiger partial charge < -0.3 is 10.5 Å². The first-order valence-electron chi connectivity index (χ1n) is 5.58. The number of rotatable bonds is 2. The van der Waals surface area contributed by atoms with Gasteiger partial charge in [-0.15, -0.1) is 0 Å². The molecule has 0 heterocycles. The van der Waals surface area contributed by atoms with Crippen LogP contribution in [0.25, 0.3) is 0 Å². The molecule has 1 aliphatic rings. The van der Waals surface area contributed by atoms with Crippen molar-refractivity contribution in [1.82, 2.24) is 0 Å². The van der Waals surface area contributed by atoms with Crippen molar-refractivity contribution in [3.05, 3.63) is 29.3 Å². The van der Waals surface area contributed by atoms with Crippen LogP contribution in [0.15, 0.2) is 18.2 Å². The lowest BCUT2D eigenvalue weighted by atomic mass is 9.71. The van der Waals surface area contributed by atoms with Crippen LogP contribution < -0.4 is 10.5 Å². The highest BCUT2D eigenvalue weighted by Crippen LogP contribution is 2.39. The summed E-state index contributed by atoms with van der Waals surface area (Å²) in [5.41, 5.74) is 8.79. The minimum Gasteiger partial charge on any atom is -0.496 e. The predicted octanol–water partition coefficient (Wildman–Crippen LogP) is 2.25. The van der Waals surface area contributed by atoms with Crippen LogP contribution in [-0.2, 0) is 11.8 Å². The van der Waals surface area contributed by atoms with Crippen LogP contribution in [-0.4, -0.2) is 13.7 Å². The maximum atomic E-state index is 5.90. The first-order chi connectivity index (χ1) is 7.21. The van der Waals surface area contributed by atoms with Gasteiger partial charge in [0, 0.05) is 12.0 Å².